The summed E-state index contributed by atoms with van der Waals surface area (Å²) < 4.78 is 2.59. The number of thiophene rings is 1. The summed E-state index contributed by atoms with van der Waals surface area (Å²) in [7, 11) is 0. The van der Waals surface area contributed by atoms with Crippen molar-refractivity contribution in [3.63, 3.8) is 0 Å². The highest BCUT2D eigenvalue weighted by atomic mass is 32.1. The van der Waals surface area contributed by atoms with E-state index in [1.54, 1.807) is 0 Å². The van der Waals surface area contributed by atoms with E-state index in [0.717, 1.165) is 17.1 Å². The van der Waals surface area contributed by atoms with Crippen LogP contribution in [0, 0.1) is 0 Å². The maximum Gasteiger partial charge on any atom is 0.0476 e. The lowest BCUT2D eigenvalue weighted by atomic mass is 9.91. The van der Waals surface area contributed by atoms with Crippen molar-refractivity contribution in [2.75, 3.05) is 4.90 Å². The number of nitrogens with zero attached hydrogens (tertiary/aromatic N) is 1. The molecular formula is C58H39NS. The van der Waals surface area contributed by atoms with Gasteiger partial charge < -0.3 is 4.90 Å². The van der Waals surface area contributed by atoms with E-state index in [2.05, 4.69) is 241 Å². The number of rotatable bonds is 8. The van der Waals surface area contributed by atoms with E-state index in [0.29, 0.717) is 0 Å². The predicted octanol–water partition coefficient (Wildman–Crippen LogP) is 17.0. The van der Waals surface area contributed by atoms with Gasteiger partial charge in [0.2, 0.25) is 0 Å². The van der Waals surface area contributed by atoms with Gasteiger partial charge in [-0.1, -0.05) is 188 Å². The molecule has 1 heterocycles. The van der Waals surface area contributed by atoms with E-state index in [1.165, 1.54) is 86.6 Å². The van der Waals surface area contributed by atoms with Crippen molar-refractivity contribution < 1.29 is 0 Å². The molecule has 11 rings (SSSR count). The van der Waals surface area contributed by atoms with Crippen LogP contribution in [0.1, 0.15) is 0 Å². The molecule has 1 nitrogen and oxygen atoms in total. The lowest BCUT2D eigenvalue weighted by Gasteiger charge is -2.26. The number of hydrogen-bond acceptors (Lipinski definition) is 2. The molecule has 0 radical (unpaired) electrons. The highest BCUT2D eigenvalue weighted by molar-refractivity contribution is 7.25. The third kappa shape index (κ3) is 6.54. The van der Waals surface area contributed by atoms with E-state index < -0.39 is 0 Å². The Labute approximate surface area is 354 Å². The Kier molecular flexibility index (Phi) is 9.11. The Hall–Kier alpha value is -7.52. The monoisotopic (exact) mass is 781 g/mol. The molecule has 0 N–H and O–H groups in total. The molecule has 282 valence electrons. The van der Waals surface area contributed by atoms with Crippen molar-refractivity contribution >= 4 is 59.3 Å². The van der Waals surface area contributed by atoms with Crippen LogP contribution < -0.4 is 4.90 Å². The van der Waals surface area contributed by atoms with Gasteiger partial charge in [0.15, 0.2) is 0 Å². The molecule has 0 spiro atoms. The number of benzene rings is 10. The van der Waals surface area contributed by atoms with Crippen LogP contribution in [0.2, 0.25) is 0 Å². The highest BCUT2D eigenvalue weighted by Crippen LogP contribution is 2.43. The largest absolute Gasteiger partial charge is 0.310 e. The summed E-state index contributed by atoms with van der Waals surface area (Å²) in [6, 6.07) is 86.1. The van der Waals surface area contributed by atoms with Crippen LogP contribution in [0.4, 0.5) is 17.1 Å². The Morgan fingerprint density at radius 2 is 0.733 bits per heavy atom. The molecule has 1 aromatic heterocycles. The van der Waals surface area contributed by atoms with Crippen molar-refractivity contribution in [3.05, 3.63) is 237 Å². The molecule has 0 saturated carbocycles. The lowest BCUT2D eigenvalue weighted by molar-refractivity contribution is 1.29. The highest BCUT2D eigenvalue weighted by Gasteiger charge is 2.17. The van der Waals surface area contributed by atoms with Crippen LogP contribution in [0.25, 0.3) is 86.6 Å². The molecular weight excluding hydrogens is 743 g/mol. The minimum Gasteiger partial charge on any atom is -0.310 e. The fourth-order valence-electron chi connectivity index (χ4n) is 8.80. The van der Waals surface area contributed by atoms with Gasteiger partial charge in [-0.15, -0.1) is 11.3 Å². The van der Waals surface area contributed by atoms with E-state index in [-0.39, 0.29) is 0 Å². The van der Waals surface area contributed by atoms with Crippen molar-refractivity contribution in [2.24, 2.45) is 0 Å². The second-order valence-electron chi connectivity index (χ2n) is 15.3. The Morgan fingerprint density at radius 3 is 1.42 bits per heavy atom. The molecule has 0 fully saturated rings. The van der Waals surface area contributed by atoms with Gasteiger partial charge in [0.25, 0.3) is 0 Å². The zero-order valence-electron chi connectivity index (χ0n) is 32.9. The first-order valence-electron chi connectivity index (χ1n) is 20.5. The molecule has 0 saturated heterocycles. The van der Waals surface area contributed by atoms with Gasteiger partial charge in [-0.3, -0.25) is 0 Å². The first-order chi connectivity index (χ1) is 29.7. The normalized spacial score (nSPS) is 11.3. The zero-order chi connectivity index (χ0) is 39.8. The molecule has 0 aliphatic heterocycles. The van der Waals surface area contributed by atoms with Gasteiger partial charge >= 0.3 is 0 Å². The summed E-state index contributed by atoms with van der Waals surface area (Å²) in [5, 5.41) is 5.11. The fourth-order valence-corrected chi connectivity index (χ4v) is 9.94. The van der Waals surface area contributed by atoms with Gasteiger partial charge in [0.05, 0.1) is 0 Å². The fraction of sp³-hybridized carbons (Fsp3) is 0. The average Bonchev–Trinajstić information content (AvgIpc) is 3.70. The molecule has 2 heteroatoms. The van der Waals surface area contributed by atoms with Crippen LogP contribution >= 0.6 is 11.3 Å². The van der Waals surface area contributed by atoms with Gasteiger partial charge in [-0.05, 0) is 115 Å². The standard InChI is InChI=1S/C58H39NS/c1-3-14-40(15-4-1)45-20-11-21-46(38-45)51-23-8-7-22-50(51)42-28-32-47(33-29-42)59(49-36-37-55-54-24-9-10-27-56(54)60-57(55)39-49)48-34-30-43(31-35-48)53-26-13-19-44-18-12-25-52(58(44)53)41-16-5-2-6-17-41/h1-39H. The van der Waals surface area contributed by atoms with E-state index in [9.17, 15) is 0 Å². The summed E-state index contributed by atoms with van der Waals surface area (Å²) in [4.78, 5) is 2.39. The third-order valence-corrected chi connectivity index (χ3v) is 12.8. The Balaban J connectivity index is 1.00. The SMILES string of the molecule is c1ccc(-c2cccc(-c3ccccc3-c3ccc(N(c4ccc(-c5cccc6cccc(-c7ccccc7)c56)cc4)c4ccc5c(c4)sc4ccccc45)cc3)c2)cc1. The van der Waals surface area contributed by atoms with Crippen LogP contribution in [0.3, 0.4) is 0 Å². The maximum atomic E-state index is 2.39. The minimum absolute atomic E-state index is 1.10. The molecule has 0 aliphatic carbocycles. The molecule has 10 aromatic carbocycles. The Morgan fingerprint density at radius 1 is 0.267 bits per heavy atom. The topological polar surface area (TPSA) is 3.24 Å². The molecule has 0 amide bonds. The second-order valence-corrected chi connectivity index (χ2v) is 16.4. The summed E-state index contributed by atoms with van der Waals surface area (Å²) in [5.74, 6) is 0. The molecule has 11 aromatic rings. The molecule has 0 atom stereocenters. The lowest BCUT2D eigenvalue weighted by Crippen LogP contribution is -2.09. The zero-order valence-corrected chi connectivity index (χ0v) is 33.7. The Bertz CT molecular complexity index is 3290. The summed E-state index contributed by atoms with van der Waals surface area (Å²) >= 11 is 1.86. The van der Waals surface area contributed by atoms with Crippen LogP contribution in [0.15, 0.2) is 237 Å². The number of fused-ring (bicyclic) bond motifs is 4. The van der Waals surface area contributed by atoms with Crippen LogP contribution in [-0.4, -0.2) is 0 Å². The summed E-state index contributed by atoms with van der Waals surface area (Å²) in [6.45, 7) is 0. The van der Waals surface area contributed by atoms with Gasteiger partial charge in [-0.2, -0.15) is 0 Å². The molecule has 60 heavy (non-hydrogen) atoms. The van der Waals surface area contributed by atoms with Crippen LogP contribution in [-0.2, 0) is 0 Å². The number of hydrogen-bond donors (Lipinski definition) is 0. The van der Waals surface area contributed by atoms with Crippen molar-refractivity contribution in [2.45, 2.75) is 0 Å². The van der Waals surface area contributed by atoms with E-state index >= 15 is 0 Å². The van der Waals surface area contributed by atoms with E-state index in [1.807, 2.05) is 11.3 Å². The van der Waals surface area contributed by atoms with Gasteiger partial charge in [0, 0.05) is 37.2 Å². The summed E-state index contributed by atoms with van der Waals surface area (Å²) in [5.41, 5.74) is 15.5. The van der Waals surface area contributed by atoms with Crippen molar-refractivity contribution in [1.82, 2.24) is 0 Å². The summed E-state index contributed by atoms with van der Waals surface area (Å²) in [6.07, 6.45) is 0. The van der Waals surface area contributed by atoms with Crippen molar-refractivity contribution in [3.8, 4) is 55.6 Å². The maximum absolute atomic E-state index is 2.39. The average molecular weight is 782 g/mol. The predicted molar refractivity (Wildman–Crippen MR) is 259 cm³/mol. The first-order valence-corrected chi connectivity index (χ1v) is 21.3. The number of anilines is 3. The van der Waals surface area contributed by atoms with Crippen molar-refractivity contribution in [1.29, 1.82) is 0 Å². The van der Waals surface area contributed by atoms with Crippen LogP contribution in [0.5, 0.6) is 0 Å². The van der Waals surface area contributed by atoms with Gasteiger partial charge in [-0.25, -0.2) is 0 Å². The van der Waals surface area contributed by atoms with Gasteiger partial charge in [0.1, 0.15) is 0 Å². The first kappa shape index (κ1) is 35.6. The molecule has 0 unspecified atom stereocenters. The molecule has 0 aliphatic rings. The third-order valence-electron chi connectivity index (χ3n) is 11.7. The molecule has 0 bridgehead atoms. The minimum atomic E-state index is 1.10. The quantitative estimate of drug-likeness (QED) is 0.148. The second kappa shape index (κ2) is 15.3. The van der Waals surface area contributed by atoms with E-state index in [4.69, 9.17) is 0 Å². The smallest absolute Gasteiger partial charge is 0.0476 e.